The van der Waals surface area contributed by atoms with Crippen molar-refractivity contribution in [2.45, 2.75) is 25.4 Å². The fraction of sp³-hybridized carbons (Fsp3) is 0.400. The van der Waals surface area contributed by atoms with Gasteiger partial charge in [0.2, 0.25) is 0 Å². The van der Waals surface area contributed by atoms with E-state index in [0.29, 0.717) is 12.6 Å². The summed E-state index contributed by atoms with van der Waals surface area (Å²) in [6.45, 7) is 0.310. The van der Waals surface area contributed by atoms with E-state index in [4.69, 9.17) is 5.11 Å². The van der Waals surface area contributed by atoms with Gasteiger partial charge in [0, 0.05) is 31.1 Å². The van der Waals surface area contributed by atoms with Crippen LogP contribution >= 0.6 is 0 Å². The van der Waals surface area contributed by atoms with Crippen LogP contribution in [0.25, 0.3) is 0 Å². The molecule has 1 N–H and O–H groups in total. The molecule has 0 bridgehead atoms. The van der Waals surface area contributed by atoms with Crippen molar-refractivity contribution in [3.63, 3.8) is 0 Å². The summed E-state index contributed by atoms with van der Waals surface area (Å²) in [6.07, 6.45) is 8.08. The molecule has 15 heavy (non-hydrogen) atoms. The summed E-state index contributed by atoms with van der Waals surface area (Å²) in [5, 5.41) is 8.38. The smallest absolute Gasteiger partial charge is 0.328 e. The number of carbonyl (C=O) groups is 1. The maximum atomic E-state index is 11.7. The summed E-state index contributed by atoms with van der Waals surface area (Å²) < 4.78 is 3.20. The summed E-state index contributed by atoms with van der Waals surface area (Å²) in [4.78, 5) is 21.9. The van der Waals surface area contributed by atoms with Crippen LogP contribution in [0.4, 0.5) is 0 Å². The maximum absolute atomic E-state index is 11.7. The molecule has 0 amide bonds. The highest BCUT2D eigenvalue weighted by molar-refractivity contribution is 5.79. The average Bonchev–Trinajstić information content (AvgIpc) is 2.94. The average molecular weight is 208 g/mol. The van der Waals surface area contributed by atoms with Gasteiger partial charge in [0.15, 0.2) is 0 Å². The Kier molecular flexibility index (Phi) is 2.45. The van der Waals surface area contributed by atoms with E-state index in [0.717, 1.165) is 18.9 Å². The Bertz CT molecular complexity index is 451. The molecule has 1 aliphatic rings. The van der Waals surface area contributed by atoms with Gasteiger partial charge in [-0.05, 0) is 12.8 Å². The van der Waals surface area contributed by atoms with Crippen LogP contribution in [-0.2, 0) is 11.3 Å². The topological polar surface area (TPSA) is 64.2 Å². The van der Waals surface area contributed by atoms with E-state index >= 15 is 0 Å². The number of hydrogen-bond donors (Lipinski definition) is 1. The molecule has 5 heteroatoms. The standard InChI is InChI=1S/C10H12N2O3/c13-9(14)2-1-5-11-6-7-12(10(11)15)8-3-4-8/h1-2,6-8H,3-5H2,(H,13,14)/b2-1+. The third-order valence-corrected chi connectivity index (χ3v) is 2.38. The zero-order chi connectivity index (χ0) is 10.8. The Morgan fingerprint density at radius 3 is 2.87 bits per heavy atom. The number of carboxylic acids is 1. The molecule has 1 fully saturated rings. The molecule has 1 aromatic rings. The van der Waals surface area contributed by atoms with Crippen LogP contribution < -0.4 is 5.69 Å². The molecule has 80 valence electrons. The van der Waals surface area contributed by atoms with Gasteiger partial charge in [-0.3, -0.25) is 9.13 Å². The lowest BCUT2D eigenvalue weighted by Crippen LogP contribution is -2.22. The van der Waals surface area contributed by atoms with E-state index in [1.54, 1.807) is 17.0 Å². The van der Waals surface area contributed by atoms with E-state index < -0.39 is 5.97 Å². The quantitative estimate of drug-likeness (QED) is 0.738. The SMILES string of the molecule is O=C(O)/C=C/Cn1ccn(C2CC2)c1=O. The fourth-order valence-corrected chi connectivity index (χ4v) is 1.46. The largest absolute Gasteiger partial charge is 0.478 e. The van der Waals surface area contributed by atoms with E-state index in [-0.39, 0.29) is 5.69 Å². The molecule has 1 aliphatic carbocycles. The van der Waals surface area contributed by atoms with Gasteiger partial charge in [0.25, 0.3) is 0 Å². The van der Waals surface area contributed by atoms with Crippen LogP contribution in [-0.4, -0.2) is 20.2 Å². The predicted octanol–water partition coefficient (Wildman–Crippen LogP) is 0.626. The maximum Gasteiger partial charge on any atom is 0.328 e. The van der Waals surface area contributed by atoms with Crippen LogP contribution in [0, 0.1) is 0 Å². The number of aliphatic carboxylic acids is 1. The Morgan fingerprint density at radius 1 is 1.53 bits per heavy atom. The molecule has 0 radical (unpaired) electrons. The van der Waals surface area contributed by atoms with E-state index in [2.05, 4.69) is 0 Å². The number of allylic oxidation sites excluding steroid dienone is 1. The van der Waals surface area contributed by atoms with E-state index in [9.17, 15) is 9.59 Å². The molecule has 5 nitrogen and oxygen atoms in total. The van der Waals surface area contributed by atoms with Crippen LogP contribution in [0.5, 0.6) is 0 Å². The number of carboxylic acid groups (broad SMARTS) is 1. The van der Waals surface area contributed by atoms with Crippen LogP contribution in [0.3, 0.4) is 0 Å². The highest BCUT2D eigenvalue weighted by Gasteiger charge is 2.25. The molecule has 1 aromatic heterocycles. The second-order valence-electron chi connectivity index (χ2n) is 3.61. The molecule has 0 atom stereocenters. The lowest BCUT2D eigenvalue weighted by molar-refractivity contribution is -0.131. The number of nitrogens with zero attached hydrogens (tertiary/aromatic N) is 2. The van der Waals surface area contributed by atoms with E-state index in [1.807, 2.05) is 0 Å². The van der Waals surface area contributed by atoms with Crippen molar-refractivity contribution in [2.75, 3.05) is 0 Å². The first kappa shape index (κ1) is 9.76. The van der Waals surface area contributed by atoms with Crippen LogP contribution in [0.15, 0.2) is 29.3 Å². The first-order valence-electron chi connectivity index (χ1n) is 4.85. The van der Waals surface area contributed by atoms with Gasteiger partial charge in [-0.25, -0.2) is 9.59 Å². The molecule has 0 aromatic carbocycles. The summed E-state index contributed by atoms with van der Waals surface area (Å²) >= 11 is 0. The Hall–Kier alpha value is -1.78. The van der Waals surface area contributed by atoms with Gasteiger partial charge in [-0.15, -0.1) is 0 Å². The van der Waals surface area contributed by atoms with Crippen molar-refractivity contribution in [1.29, 1.82) is 0 Å². The number of hydrogen-bond acceptors (Lipinski definition) is 2. The van der Waals surface area contributed by atoms with Gasteiger partial charge in [0.1, 0.15) is 0 Å². The highest BCUT2D eigenvalue weighted by Crippen LogP contribution is 2.33. The van der Waals surface area contributed by atoms with Crippen LogP contribution in [0.1, 0.15) is 18.9 Å². The van der Waals surface area contributed by atoms with Crippen molar-refractivity contribution >= 4 is 5.97 Å². The zero-order valence-corrected chi connectivity index (χ0v) is 8.17. The van der Waals surface area contributed by atoms with Crippen molar-refractivity contribution in [3.05, 3.63) is 35.0 Å². The first-order chi connectivity index (χ1) is 7.18. The van der Waals surface area contributed by atoms with Gasteiger partial charge in [0.05, 0.1) is 0 Å². The minimum Gasteiger partial charge on any atom is -0.478 e. The molecule has 2 rings (SSSR count). The van der Waals surface area contributed by atoms with Crippen molar-refractivity contribution in [2.24, 2.45) is 0 Å². The third-order valence-electron chi connectivity index (χ3n) is 2.38. The Balaban J connectivity index is 2.09. The lowest BCUT2D eigenvalue weighted by Gasteiger charge is -1.96. The molecule has 0 spiro atoms. The third kappa shape index (κ3) is 2.18. The minimum absolute atomic E-state index is 0.0625. The number of imidazole rings is 1. The fourth-order valence-electron chi connectivity index (χ4n) is 1.46. The first-order valence-corrected chi connectivity index (χ1v) is 4.85. The highest BCUT2D eigenvalue weighted by atomic mass is 16.4. The zero-order valence-electron chi connectivity index (χ0n) is 8.17. The lowest BCUT2D eigenvalue weighted by atomic mass is 10.5. The van der Waals surface area contributed by atoms with Gasteiger partial charge in [-0.1, -0.05) is 6.08 Å². The second kappa shape index (κ2) is 3.76. The van der Waals surface area contributed by atoms with Gasteiger partial charge < -0.3 is 5.11 Å². The Morgan fingerprint density at radius 2 is 2.27 bits per heavy atom. The minimum atomic E-state index is -0.996. The molecular weight excluding hydrogens is 196 g/mol. The Labute approximate surface area is 86.3 Å². The van der Waals surface area contributed by atoms with Crippen molar-refractivity contribution in [3.8, 4) is 0 Å². The number of rotatable bonds is 4. The molecule has 1 heterocycles. The van der Waals surface area contributed by atoms with E-state index in [1.165, 1.54) is 10.6 Å². The monoisotopic (exact) mass is 208 g/mol. The van der Waals surface area contributed by atoms with Crippen molar-refractivity contribution < 1.29 is 9.90 Å². The predicted molar refractivity (Wildman–Crippen MR) is 53.7 cm³/mol. The molecule has 0 unspecified atom stereocenters. The normalized spacial score (nSPS) is 16.0. The summed E-state index contributed by atoms with van der Waals surface area (Å²) in [6, 6.07) is 0.363. The molecule has 0 aliphatic heterocycles. The summed E-state index contributed by atoms with van der Waals surface area (Å²) in [5.41, 5.74) is -0.0625. The molecule has 0 saturated heterocycles. The van der Waals surface area contributed by atoms with Gasteiger partial charge >= 0.3 is 11.7 Å². The summed E-state index contributed by atoms with van der Waals surface area (Å²) in [5.74, 6) is -0.996. The van der Waals surface area contributed by atoms with Crippen LogP contribution in [0.2, 0.25) is 0 Å². The van der Waals surface area contributed by atoms with Gasteiger partial charge in [-0.2, -0.15) is 0 Å². The summed E-state index contributed by atoms with van der Waals surface area (Å²) in [7, 11) is 0. The van der Waals surface area contributed by atoms with Crippen molar-refractivity contribution in [1.82, 2.24) is 9.13 Å². The molecule has 1 saturated carbocycles. The second-order valence-corrected chi connectivity index (χ2v) is 3.61. The molecular formula is C10H12N2O3. The number of aromatic nitrogens is 2.